The molecule has 0 saturated heterocycles. The van der Waals surface area contributed by atoms with Crippen molar-refractivity contribution in [2.45, 2.75) is 0 Å². The lowest BCUT2D eigenvalue weighted by molar-refractivity contribution is 0.834. The lowest BCUT2D eigenvalue weighted by Gasteiger charge is -2.04. The van der Waals surface area contributed by atoms with E-state index in [9.17, 15) is 5.21 Å². The van der Waals surface area contributed by atoms with Gasteiger partial charge < -0.3 is 5.21 Å². The van der Waals surface area contributed by atoms with Crippen molar-refractivity contribution in [3.8, 4) is 0 Å². The lowest BCUT2D eigenvalue weighted by Crippen LogP contribution is -1.92. The van der Waals surface area contributed by atoms with Gasteiger partial charge in [0, 0.05) is 6.20 Å². The Labute approximate surface area is 51.2 Å². The molecule has 0 radical (unpaired) electrons. The zero-order valence-electron chi connectivity index (χ0n) is 3.94. The molecular weight excluding hydrogens is 124 g/mol. The maximum absolute atomic E-state index is 10.3. The van der Waals surface area contributed by atoms with Gasteiger partial charge in [-0.05, 0) is 12.1 Å². The van der Waals surface area contributed by atoms with Gasteiger partial charge >= 0.3 is 0 Å². The van der Waals surface area contributed by atoms with E-state index in [0.717, 1.165) is 0 Å². The highest BCUT2D eigenvalue weighted by molar-refractivity contribution is 7.71. The molecular formula is C4H3N2OS-. The molecule has 0 aliphatic heterocycles. The van der Waals surface area contributed by atoms with E-state index in [2.05, 4.69) is 17.3 Å². The van der Waals surface area contributed by atoms with Crippen LogP contribution in [-0.4, -0.2) is 9.94 Å². The van der Waals surface area contributed by atoms with Crippen LogP contribution in [0.25, 0.3) is 0 Å². The summed E-state index contributed by atoms with van der Waals surface area (Å²) in [6.45, 7) is 0. The van der Waals surface area contributed by atoms with Crippen molar-refractivity contribution in [3.05, 3.63) is 28.2 Å². The summed E-state index contributed by atoms with van der Waals surface area (Å²) in [5, 5.41) is 13.7. The summed E-state index contributed by atoms with van der Waals surface area (Å²) in [6.07, 6.45) is 1.39. The lowest BCUT2D eigenvalue weighted by atomic mass is 10.6. The Hall–Kier alpha value is -0.900. The van der Waals surface area contributed by atoms with Gasteiger partial charge in [-0.25, -0.2) is 0 Å². The van der Waals surface area contributed by atoms with Crippen LogP contribution in [0.15, 0.2) is 18.3 Å². The van der Waals surface area contributed by atoms with Gasteiger partial charge in [0.1, 0.15) is 4.64 Å². The fourth-order valence-electron chi connectivity index (χ4n) is 0.345. The van der Waals surface area contributed by atoms with E-state index >= 15 is 0 Å². The van der Waals surface area contributed by atoms with E-state index in [0.29, 0.717) is 4.85 Å². The highest BCUT2D eigenvalue weighted by Gasteiger charge is 1.72. The van der Waals surface area contributed by atoms with Crippen LogP contribution in [0.5, 0.6) is 0 Å². The first-order valence-corrected chi connectivity index (χ1v) is 2.43. The molecule has 0 spiro atoms. The van der Waals surface area contributed by atoms with Crippen LogP contribution in [0.3, 0.4) is 0 Å². The number of aromatic nitrogens is 2. The van der Waals surface area contributed by atoms with Crippen molar-refractivity contribution in [2.24, 2.45) is 0 Å². The van der Waals surface area contributed by atoms with Gasteiger partial charge in [-0.1, -0.05) is 12.2 Å². The van der Waals surface area contributed by atoms with Gasteiger partial charge in [-0.15, -0.1) is 0 Å². The number of hydrogen-bond donors (Lipinski definition) is 0. The molecule has 0 N–H and O–H groups in total. The molecule has 0 unspecified atom stereocenters. The first-order chi connectivity index (χ1) is 3.80. The second-order valence-electron chi connectivity index (χ2n) is 1.23. The van der Waals surface area contributed by atoms with E-state index in [1.807, 2.05) is 0 Å². The Kier molecular flexibility index (Phi) is 1.26. The molecule has 42 valence electrons. The highest BCUT2D eigenvalue weighted by atomic mass is 32.1. The molecule has 1 heterocycles. The summed E-state index contributed by atoms with van der Waals surface area (Å²) >= 11 is 4.54. The maximum Gasteiger partial charge on any atom is 0.117 e. The minimum atomic E-state index is 0.201. The van der Waals surface area contributed by atoms with Gasteiger partial charge in [0.05, 0.1) is 0 Å². The van der Waals surface area contributed by atoms with E-state index in [-0.39, 0.29) is 4.64 Å². The van der Waals surface area contributed by atoms with Crippen molar-refractivity contribution in [1.82, 2.24) is 9.94 Å². The predicted octanol–water partition coefficient (Wildman–Crippen LogP) is 0.958. The van der Waals surface area contributed by atoms with Crippen LogP contribution in [-0.2, 0) is 0 Å². The van der Waals surface area contributed by atoms with E-state index in [4.69, 9.17) is 0 Å². The quantitative estimate of drug-likeness (QED) is 0.487. The van der Waals surface area contributed by atoms with Crippen molar-refractivity contribution < 1.29 is 0 Å². The monoisotopic (exact) mass is 127 g/mol. The van der Waals surface area contributed by atoms with Crippen LogP contribution in [0.1, 0.15) is 0 Å². The maximum atomic E-state index is 10.3. The minimum Gasteiger partial charge on any atom is -0.789 e. The molecule has 0 amide bonds. The van der Waals surface area contributed by atoms with Crippen LogP contribution >= 0.6 is 12.2 Å². The van der Waals surface area contributed by atoms with Crippen molar-refractivity contribution in [3.63, 3.8) is 0 Å². The standard InChI is InChI=1S/C4H3N2OS/c7-6-4(8)2-1-3-5-6/h1-3H/q-1. The Morgan fingerprint density at radius 2 is 2.50 bits per heavy atom. The number of rotatable bonds is 0. The fourth-order valence-corrected chi connectivity index (χ4v) is 0.471. The molecule has 0 aliphatic carbocycles. The molecule has 4 heteroatoms. The van der Waals surface area contributed by atoms with Crippen LogP contribution in [0, 0.1) is 9.85 Å². The summed E-state index contributed by atoms with van der Waals surface area (Å²) in [5.41, 5.74) is 0. The number of hydrogen-bond acceptors (Lipinski definition) is 3. The van der Waals surface area contributed by atoms with Crippen molar-refractivity contribution in [1.29, 1.82) is 0 Å². The van der Waals surface area contributed by atoms with Crippen LogP contribution < -0.4 is 0 Å². The molecule has 1 aromatic rings. The second-order valence-corrected chi connectivity index (χ2v) is 1.65. The third kappa shape index (κ3) is 0.840. The third-order valence-electron chi connectivity index (χ3n) is 0.685. The fraction of sp³-hybridized carbons (Fsp3) is 0. The molecule has 1 rings (SSSR count). The molecule has 0 aliphatic rings. The van der Waals surface area contributed by atoms with E-state index in [1.165, 1.54) is 12.3 Å². The summed E-state index contributed by atoms with van der Waals surface area (Å²) < 4.78 is 0.201. The van der Waals surface area contributed by atoms with Crippen molar-refractivity contribution >= 4 is 12.2 Å². The Morgan fingerprint density at radius 1 is 1.75 bits per heavy atom. The van der Waals surface area contributed by atoms with E-state index < -0.39 is 0 Å². The van der Waals surface area contributed by atoms with Crippen molar-refractivity contribution in [2.75, 3.05) is 0 Å². The minimum absolute atomic E-state index is 0.201. The van der Waals surface area contributed by atoms with Gasteiger partial charge in [0.2, 0.25) is 0 Å². The normalized spacial score (nSPS) is 9.00. The summed E-state index contributed by atoms with van der Waals surface area (Å²) in [4.78, 5) is 0.398. The van der Waals surface area contributed by atoms with Crippen LogP contribution in [0.4, 0.5) is 0 Å². The van der Waals surface area contributed by atoms with Gasteiger partial charge in [0.25, 0.3) is 0 Å². The molecule has 0 aromatic carbocycles. The number of nitrogens with zero attached hydrogens (tertiary/aromatic N) is 2. The van der Waals surface area contributed by atoms with Gasteiger partial charge in [-0.3, -0.25) is 4.85 Å². The topological polar surface area (TPSA) is 40.9 Å². The summed E-state index contributed by atoms with van der Waals surface area (Å²) in [6, 6.07) is 3.14. The summed E-state index contributed by atoms with van der Waals surface area (Å²) in [5.74, 6) is 0. The Balaban J connectivity index is 3.35. The van der Waals surface area contributed by atoms with Crippen LogP contribution in [0.2, 0.25) is 0 Å². The molecule has 0 bridgehead atoms. The summed E-state index contributed by atoms with van der Waals surface area (Å²) in [7, 11) is 0. The molecule has 3 nitrogen and oxygen atoms in total. The Morgan fingerprint density at radius 3 is 2.88 bits per heavy atom. The smallest absolute Gasteiger partial charge is 0.117 e. The molecule has 0 fully saturated rings. The third-order valence-corrected chi connectivity index (χ3v) is 0.977. The first kappa shape index (κ1) is 5.24. The van der Waals surface area contributed by atoms with Gasteiger partial charge in [0.15, 0.2) is 0 Å². The second kappa shape index (κ2) is 1.92. The predicted molar refractivity (Wildman–Crippen MR) is 31.8 cm³/mol. The largest absolute Gasteiger partial charge is 0.789 e. The average Bonchev–Trinajstić information content (AvgIpc) is 1.77. The SMILES string of the molecule is [O-]n1ncccc1=S. The zero-order chi connectivity index (χ0) is 5.98. The molecule has 0 saturated carbocycles. The zero-order valence-corrected chi connectivity index (χ0v) is 4.76. The van der Waals surface area contributed by atoms with E-state index in [1.54, 1.807) is 6.07 Å². The average molecular weight is 127 g/mol. The molecule has 1 aromatic heterocycles. The Bertz CT molecular complexity index is 231. The molecule has 8 heavy (non-hydrogen) atoms. The van der Waals surface area contributed by atoms with Gasteiger partial charge in [-0.2, -0.15) is 5.10 Å². The molecule has 0 atom stereocenters. The first-order valence-electron chi connectivity index (χ1n) is 2.02. The highest BCUT2D eigenvalue weighted by Crippen LogP contribution is 1.83.